The normalized spacial score (nSPS) is 11.3. The molecule has 0 rings (SSSR count). The van der Waals surface area contributed by atoms with Crippen LogP contribution in [0, 0.1) is 23.7 Å². The van der Waals surface area contributed by atoms with Gasteiger partial charge in [0.1, 0.15) is 6.10 Å². The Balaban J connectivity index is 3.42. The number of allylic oxidation sites excluding steroid dienone is 2. The molecule has 2 heteroatoms. The van der Waals surface area contributed by atoms with Gasteiger partial charge in [-0.3, -0.25) is 0 Å². The fourth-order valence-electron chi connectivity index (χ4n) is 1.61. The lowest BCUT2D eigenvalue weighted by molar-refractivity contribution is 0.281. The molecule has 0 spiro atoms. The summed E-state index contributed by atoms with van der Waals surface area (Å²) in [5.41, 5.74) is 0. The fraction of sp³-hybridized carbons (Fsp3) is 0.556. The van der Waals surface area contributed by atoms with Crippen LogP contribution in [0.15, 0.2) is 24.8 Å². The molecule has 0 aliphatic rings. The van der Waals surface area contributed by atoms with E-state index in [0.717, 1.165) is 19.3 Å². The van der Waals surface area contributed by atoms with E-state index in [0.29, 0.717) is 13.0 Å². The van der Waals surface area contributed by atoms with Crippen molar-refractivity contribution in [2.24, 2.45) is 0 Å². The highest BCUT2D eigenvalue weighted by atomic mass is 16.3. The highest BCUT2D eigenvalue weighted by Crippen LogP contribution is 2.07. The Morgan fingerprint density at radius 1 is 0.950 bits per heavy atom. The Labute approximate surface area is 123 Å². The summed E-state index contributed by atoms with van der Waals surface area (Å²) in [6.07, 6.45) is 13.7. The standard InChI is InChI=1S/C18H26O2/c1-2-18(20)16-14-12-10-8-6-4-3-5-7-9-11-13-15-17-19/h2,4,6,18-20H,1,3,5,7-9,11,13,15,17H2/b6-4-/t18-/m1/s1. The van der Waals surface area contributed by atoms with E-state index in [1.807, 2.05) is 0 Å². The van der Waals surface area contributed by atoms with Crippen molar-refractivity contribution in [1.82, 2.24) is 0 Å². The zero-order valence-corrected chi connectivity index (χ0v) is 12.3. The minimum absolute atomic E-state index is 0.320. The van der Waals surface area contributed by atoms with E-state index >= 15 is 0 Å². The smallest absolute Gasteiger partial charge is 0.134 e. The monoisotopic (exact) mass is 274 g/mol. The van der Waals surface area contributed by atoms with Crippen molar-refractivity contribution >= 4 is 0 Å². The first-order valence-electron chi connectivity index (χ1n) is 7.36. The van der Waals surface area contributed by atoms with Crippen LogP contribution in [0.1, 0.15) is 51.4 Å². The number of aliphatic hydroxyl groups is 2. The van der Waals surface area contributed by atoms with Crippen LogP contribution in [-0.4, -0.2) is 22.9 Å². The van der Waals surface area contributed by atoms with Crippen molar-refractivity contribution in [2.45, 2.75) is 57.5 Å². The second-order valence-electron chi connectivity index (χ2n) is 4.56. The fourth-order valence-corrected chi connectivity index (χ4v) is 1.61. The number of aliphatic hydroxyl groups excluding tert-OH is 2. The van der Waals surface area contributed by atoms with Crippen LogP contribution >= 0.6 is 0 Å². The molecule has 110 valence electrons. The van der Waals surface area contributed by atoms with Crippen molar-refractivity contribution in [3.05, 3.63) is 24.8 Å². The van der Waals surface area contributed by atoms with Crippen LogP contribution < -0.4 is 0 Å². The summed E-state index contributed by atoms with van der Waals surface area (Å²) in [6, 6.07) is 0. The van der Waals surface area contributed by atoms with Gasteiger partial charge in [-0.2, -0.15) is 0 Å². The van der Waals surface area contributed by atoms with Gasteiger partial charge in [0, 0.05) is 13.0 Å². The van der Waals surface area contributed by atoms with Crippen molar-refractivity contribution in [3.63, 3.8) is 0 Å². The summed E-state index contributed by atoms with van der Waals surface area (Å²) in [5.74, 6) is 10.7. The van der Waals surface area contributed by atoms with E-state index in [1.54, 1.807) is 0 Å². The predicted molar refractivity (Wildman–Crippen MR) is 84.9 cm³/mol. The van der Waals surface area contributed by atoms with Gasteiger partial charge >= 0.3 is 0 Å². The molecule has 2 nitrogen and oxygen atoms in total. The topological polar surface area (TPSA) is 40.5 Å². The van der Waals surface area contributed by atoms with Crippen LogP contribution in [0.5, 0.6) is 0 Å². The van der Waals surface area contributed by atoms with Crippen LogP contribution in [0.4, 0.5) is 0 Å². The highest BCUT2D eigenvalue weighted by molar-refractivity contribution is 5.29. The SMILES string of the molecule is C=C[C@@H](O)C#CC#CC/C=C\CCCCCCCCO. The molecule has 0 aliphatic heterocycles. The Hall–Kier alpha value is -1.48. The second-order valence-corrected chi connectivity index (χ2v) is 4.56. The number of hydrogen-bond acceptors (Lipinski definition) is 2. The van der Waals surface area contributed by atoms with Crippen molar-refractivity contribution < 1.29 is 10.2 Å². The van der Waals surface area contributed by atoms with Crippen molar-refractivity contribution in [1.29, 1.82) is 0 Å². The molecule has 0 aromatic carbocycles. The maximum atomic E-state index is 9.06. The molecule has 0 saturated carbocycles. The molecule has 0 fully saturated rings. The maximum Gasteiger partial charge on any atom is 0.134 e. The average Bonchev–Trinajstić information content (AvgIpc) is 2.47. The first kappa shape index (κ1) is 18.5. The summed E-state index contributed by atoms with van der Waals surface area (Å²) < 4.78 is 0. The maximum absolute atomic E-state index is 9.06. The van der Waals surface area contributed by atoms with Gasteiger partial charge in [0.25, 0.3) is 0 Å². The molecule has 0 unspecified atom stereocenters. The lowest BCUT2D eigenvalue weighted by Crippen LogP contribution is -1.94. The summed E-state index contributed by atoms with van der Waals surface area (Å²) in [7, 11) is 0. The molecule has 0 aromatic heterocycles. The first-order valence-corrected chi connectivity index (χ1v) is 7.36. The predicted octanol–water partition coefficient (Wildman–Crippen LogP) is 3.21. The van der Waals surface area contributed by atoms with E-state index in [9.17, 15) is 0 Å². The molecule has 0 saturated heterocycles. The molecular weight excluding hydrogens is 248 g/mol. The zero-order valence-electron chi connectivity index (χ0n) is 12.3. The summed E-state index contributed by atoms with van der Waals surface area (Å²) in [5, 5.41) is 17.7. The van der Waals surface area contributed by atoms with Crippen LogP contribution in [0.2, 0.25) is 0 Å². The van der Waals surface area contributed by atoms with Crippen LogP contribution in [-0.2, 0) is 0 Å². The Bertz CT molecular complexity index is 374. The first-order chi connectivity index (χ1) is 9.81. The van der Waals surface area contributed by atoms with Gasteiger partial charge in [-0.1, -0.05) is 62.3 Å². The average molecular weight is 274 g/mol. The van der Waals surface area contributed by atoms with E-state index in [-0.39, 0.29) is 0 Å². The lowest BCUT2D eigenvalue weighted by Gasteiger charge is -1.98. The van der Waals surface area contributed by atoms with E-state index < -0.39 is 6.10 Å². The van der Waals surface area contributed by atoms with Crippen LogP contribution in [0.25, 0.3) is 0 Å². The molecule has 0 radical (unpaired) electrons. The van der Waals surface area contributed by atoms with Gasteiger partial charge in [0.2, 0.25) is 0 Å². The second kappa shape index (κ2) is 15.6. The minimum Gasteiger partial charge on any atom is -0.396 e. The molecule has 0 amide bonds. The third kappa shape index (κ3) is 14.6. The summed E-state index contributed by atoms with van der Waals surface area (Å²) >= 11 is 0. The minimum atomic E-state index is -0.780. The Morgan fingerprint density at radius 3 is 2.35 bits per heavy atom. The molecule has 0 aromatic rings. The number of rotatable bonds is 10. The molecule has 1 atom stereocenters. The van der Waals surface area contributed by atoms with Gasteiger partial charge < -0.3 is 10.2 Å². The molecule has 0 bridgehead atoms. The number of hydrogen-bond donors (Lipinski definition) is 2. The largest absolute Gasteiger partial charge is 0.396 e. The van der Waals surface area contributed by atoms with Gasteiger partial charge in [0.05, 0.1) is 0 Å². The molecule has 2 N–H and O–H groups in total. The molecule has 20 heavy (non-hydrogen) atoms. The number of unbranched alkanes of at least 4 members (excludes halogenated alkanes) is 6. The van der Waals surface area contributed by atoms with Gasteiger partial charge in [0.15, 0.2) is 0 Å². The van der Waals surface area contributed by atoms with Crippen molar-refractivity contribution in [2.75, 3.05) is 6.61 Å². The van der Waals surface area contributed by atoms with Crippen LogP contribution in [0.3, 0.4) is 0 Å². The summed E-state index contributed by atoms with van der Waals surface area (Å²) in [6.45, 7) is 3.74. The highest BCUT2D eigenvalue weighted by Gasteiger charge is 1.89. The van der Waals surface area contributed by atoms with Gasteiger partial charge in [-0.25, -0.2) is 0 Å². The van der Waals surface area contributed by atoms with E-state index in [4.69, 9.17) is 10.2 Å². The van der Waals surface area contributed by atoms with E-state index in [2.05, 4.69) is 42.4 Å². The van der Waals surface area contributed by atoms with Crippen molar-refractivity contribution in [3.8, 4) is 23.7 Å². The molecule has 0 aliphatic carbocycles. The quantitative estimate of drug-likeness (QED) is 0.365. The Kier molecular flexibility index (Phi) is 14.4. The molecule has 0 heterocycles. The third-order valence-electron chi connectivity index (χ3n) is 2.76. The Morgan fingerprint density at radius 2 is 1.65 bits per heavy atom. The van der Waals surface area contributed by atoms with E-state index in [1.165, 1.54) is 31.8 Å². The third-order valence-corrected chi connectivity index (χ3v) is 2.76. The van der Waals surface area contributed by atoms with Gasteiger partial charge in [-0.05, 0) is 31.1 Å². The summed E-state index contributed by atoms with van der Waals surface area (Å²) in [4.78, 5) is 0. The lowest BCUT2D eigenvalue weighted by atomic mass is 10.1. The van der Waals surface area contributed by atoms with Gasteiger partial charge in [-0.15, -0.1) is 0 Å². The zero-order chi connectivity index (χ0) is 14.9. The molecular formula is C18H26O2.